The average Bonchev–Trinajstić information content (AvgIpc) is 3.22. The average molecular weight is 639 g/mol. The molecule has 4 rings (SSSR count). The highest BCUT2D eigenvalue weighted by molar-refractivity contribution is 9.10. The molecule has 0 aliphatic carbocycles. The Balaban J connectivity index is 1.68. The summed E-state index contributed by atoms with van der Waals surface area (Å²) in [5.74, 6) is -1.66. The van der Waals surface area contributed by atoms with Gasteiger partial charge in [0.05, 0.1) is 11.5 Å². The molecule has 212 valence electrons. The van der Waals surface area contributed by atoms with Crippen LogP contribution in [0, 0.1) is 5.82 Å². The maximum atomic E-state index is 14.1. The van der Waals surface area contributed by atoms with Crippen LogP contribution in [0.25, 0.3) is 6.08 Å². The number of amides is 1. The van der Waals surface area contributed by atoms with Crippen LogP contribution in [0.5, 0.6) is 5.75 Å². The van der Waals surface area contributed by atoms with Crippen LogP contribution in [0.15, 0.2) is 92.4 Å². The van der Waals surface area contributed by atoms with Crippen LogP contribution < -0.4 is 4.74 Å². The second kappa shape index (κ2) is 12.9. The predicted molar refractivity (Wildman–Crippen MR) is 164 cm³/mol. The summed E-state index contributed by atoms with van der Waals surface area (Å²) >= 11 is 4.42. The SMILES string of the molecule is CCOC(=O)C1=C(O)/C(=C\c2cc(Br)ccc2OCc2ccccc2F)SC1=NC(=O)c1ccc(C(C)(C)C)cc1. The standard InChI is InChI=1S/C32H29BrFNO5S/c1-5-39-31(38)27-28(36)26(41-30(27)35-29(37)19-10-12-22(13-11-19)32(2,3)4)17-21-16-23(33)14-15-25(21)40-18-20-8-6-7-9-24(20)34/h6-17,36H,5,18H2,1-4H3/b26-17+,35-30?. The minimum Gasteiger partial charge on any atom is -0.506 e. The van der Waals surface area contributed by atoms with Crippen molar-refractivity contribution in [2.75, 3.05) is 6.61 Å². The molecule has 0 saturated carbocycles. The molecule has 3 aromatic carbocycles. The number of esters is 1. The van der Waals surface area contributed by atoms with Crippen LogP contribution >= 0.6 is 27.7 Å². The summed E-state index contributed by atoms with van der Waals surface area (Å²) in [5.41, 5.74) is 2.09. The molecule has 3 aromatic rings. The Morgan fingerprint density at radius 2 is 1.78 bits per heavy atom. The number of benzene rings is 3. The summed E-state index contributed by atoms with van der Waals surface area (Å²) in [4.78, 5) is 30.3. The number of rotatable bonds is 7. The Labute approximate surface area is 251 Å². The van der Waals surface area contributed by atoms with Gasteiger partial charge in [0.2, 0.25) is 0 Å². The molecule has 0 fully saturated rings. The first-order chi connectivity index (χ1) is 19.5. The maximum Gasteiger partial charge on any atom is 0.344 e. The van der Waals surface area contributed by atoms with Gasteiger partial charge in [-0.05, 0) is 60.4 Å². The summed E-state index contributed by atoms with van der Waals surface area (Å²) in [6, 6.07) is 18.7. The van der Waals surface area contributed by atoms with E-state index >= 15 is 0 Å². The van der Waals surface area contributed by atoms with Gasteiger partial charge in [-0.1, -0.05) is 78.8 Å². The molecule has 0 spiro atoms. The third-order valence-corrected chi connectivity index (χ3v) is 7.68. The zero-order valence-electron chi connectivity index (χ0n) is 23.0. The Morgan fingerprint density at radius 1 is 1.07 bits per heavy atom. The first kappa shape index (κ1) is 30.3. The summed E-state index contributed by atoms with van der Waals surface area (Å²) in [7, 11) is 0. The van der Waals surface area contributed by atoms with Crippen LogP contribution in [-0.2, 0) is 21.6 Å². The van der Waals surface area contributed by atoms with E-state index in [1.54, 1.807) is 61.5 Å². The molecule has 1 N–H and O–H groups in total. The van der Waals surface area contributed by atoms with E-state index in [1.165, 1.54) is 6.07 Å². The lowest BCUT2D eigenvalue weighted by Gasteiger charge is -2.18. The number of aliphatic hydroxyl groups excluding tert-OH is 1. The number of carbonyl (C=O) groups excluding carboxylic acids is 2. The lowest BCUT2D eigenvalue weighted by molar-refractivity contribution is -0.138. The van der Waals surface area contributed by atoms with Gasteiger partial charge < -0.3 is 14.6 Å². The largest absolute Gasteiger partial charge is 0.506 e. The zero-order valence-corrected chi connectivity index (χ0v) is 25.4. The Hall–Kier alpha value is -3.69. The number of hydrogen-bond acceptors (Lipinski definition) is 6. The number of thioether (sulfide) groups is 1. The first-order valence-corrected chi connectivity index (χ1v) is 14.5. The maximum absolute atomic E-state index is 14.1. The van der Waals surface area contributed by atoms with E-state index in [0.29, 0.717) is 22.4 Å². The third kappa shape index (κ3) is 7.34. The molecule has 1 heterocycles. The quantitative estimate of drug-likeness (QED) is 0.263. The van der Waals surface area contributed by atoms with Crippen molar-refractivity contribution in [3.05, 3.63) is 116 Å². The zero-order chi connectivity index (χ0) is 29.7. The lowest BCUT2D eigenvalue weighted by atomic mass is 9.87. The van der Waals surface area contributed by atoms with E-state index in [1.807, 2.05) is 12.1 Å². The Bertz CT molecular complexity index is 1570. The highest BCUT2D eigenvalue weighted by Gasteiger charge is 2.34. The predicted octanol–water partition coefficient (Wildman–Crippen LogP) is 8.17. The summed E-state index contributed by atoms with van der Waals surface area (Å²) in [5, 5.41) is 11.1. The lowest BCUT2D eigenvalue weighted by Crippen LogP contribution is -2.14. The molecule has 41 heavy (non-hydrogen) atoms. The van der Waals surface area contributed by atoms with Crippen molar-refractivity contribution in [2.24, 2.45) is 4.99 Å². The van der Waals surface area contributed by atoms with Gasteiger partial charge in [-0.15, -0.1) is 0 Å². The first-order valence-electron chi connectivity index (χ1n) is 12.9. The molecule has 0 atom stereocenters. The van der Waals surface area contributed by atoms with E-state index in [2.05, 4.69) is 41.7 Å². The molecule has 1 aliphatic rings. The van der Waals surface area contributed by atoms with Crippen molar-refractivity contribution >= 4 is 50.7 Å². The number of ether oxygens (including phenoxy) is 2. The molecule has 0 bridgehead atoms. The monoisotopic (exact) mass is 637 g/mol. The van der Waals surface area contributed by atoms with Gasteiger partial charge >= 0.3 is 5.97 Å². The van der Waals surface area contributed by atoms with Gasteiger partial charge in [0.15, 0.2) is 0 Å². The van der Waals surface area contributed by atoms with E-state index in [-0.39, 0.29) is 45.7 Å². The van der Waals surface area contributed by atoms with Crippen molar-refractivity contribution < 1.29 is 28.6 Å². The fourth-order valence-electron chi connectivity index (χ4n) is 3.94. The minimum absolute atomic E-state index is 0.0112. The fraction of sp³-hybridized carbons (Fsp3) is 0.219. The number of halogens is 2. The molecular weight excluding hydrogens is 609 g/mol. The topological polar surface area (TPSA) is 85.2 Å². The van der Waals surface area contributed by atoms with E-state index < -0.39 is 11.9 Å². The van der Waals surface area contributed by atoms with Gasteiger partial charge in [-0.25, -0.2) is 14.2 Å². The van der Waals surface area contributed by atoms with Gasteiger partial charge in [-0.3, -0.25) is 4.79 Å². The van der Waals surface area contributed by atoms with Crippen LogP contribution in [-0.4, -0.2) is 28.6 Å². The second-order valence-corrected chi connectivity index (χ2v) is 12.1. The molecule has 9 heteroatoms. The molecule has 0 aromatic heterocycles. The molecule has 1 amide bonds. The number of aliphatic imine (C=N–C) groups is 1. The molecule has 1 aliphatic heterocycles. The Morgan fingerprint density at radius 3 is 2.44 bits per heavy atom. The van der Waals surface area contributed by atoms with Crippen LogP contribution in [0.4, 0.5) is 4.39 Å². The number of aliphatic hydroxyl groups is 1. The van der Waals surface area contributed by atoms with Crippen molar-refractivity contribution in [1.82, 2.24) is 0 Å². The summed E-state index contributed by atoms with van der Waals surface area (Å²) in [6.07, 6.45) is 1.62. The molecule has 0 unspecified atom stereocenters. The van der Waals surface area contributed by atoms with Crippen LogP contribution in [0.3, 0.4) is 0 Å². The van der Waals surface area contributed by atoms with Crippen molar-refractivity contribution in [3.8, 4) is 5.75 Å². The highest BCUT2D eigenvalue weighted by atomic mass is 79.9. The molecular formula is C32H29BrFNO5S. The van der Waals surface area contributed by atoms with E-state index in [0.717, 1.165) is 21.8 Å². The number of nitrogens with zero attached hydrogens (tertiary/aromatic N) is 1. The van der Waals surface area contributed by atoms with Crippen LogP contribution in [0.1, 0.15) is 54.7 Å². The van der Waals surface area contributed by atoms with Crippen LogP contribution in [0.2, 0.25) is 0 Å². The summed E-state index contributed by atoms with van der Waals surface area (Å²) < 4.78 is 25.9. The molecule has 0 radical (unpaired) electrons. The molecule has 0 saturated heterocycles. The number of carbonyl (C=O) groups is 2. The highest BCUT2D eigenvalue weighted by Crippen LogP contribution is 2.41. The summed E-state index contributed by atoms with van der Waals surface area (Å²) in [6.45, 7) is 7.95. The Kier molecular flexibility index (Phi) is 9.50. The third-order valence-electron chi connectivity index (χ3n) is 6.17. The van der Waals surface area contributed by atoms with Crippen molar-refractivity contribution in [3.63, 3.8) is 0 Å². The van der Waals surface area contributed by atoms with E-state index in [9.17, 15) is 19.1 Å². The van der Waals surface area contributed by atoms with Gasteiger partial charge in [0.1, 0.15) is 34.5 Å². The molecule has 6 nitrogen and oxygen atoms in total. The minimum atomic E-state index is -0.791. The van der Waals surface area contributed by atoms with Crippen molar-refractivity contribution in [2.45, 2.75) is 39.7 Å². The second-order valence-electron chi connectivity index (χ2n) is 10.2. The van der Waals surface area contributed by atoms with Gasteiger partial charge in [-0.2, -0.15) is 0 Å². The normalized spacial score (nSPS) is 15.5. The number of hydrogen-bond donors (Lipinski definition) is 1. The fourth-order valence-corrected chi connectivity index (χ4v) is 5.32. The smallest absolute Gasteiger partial charge is 0.344 e. The van der Waals surface area contributed by atoms with Gasteiger partial charge in [0.25, 0.3) is 5.91 Å². The van der Waals surface area contributed by atoms with E-state index in [4.69, 9.17) is 9.47 Å². The van der Waals surface area contributed by atoms with Gasteiger partial charge in [0, 0.05) is 21.2 Å². The van der Waals surface area contributed by atoms with Crippen molar-refractivity contribution in [1.29, 1.82) is 0 Å².